The molecule has 0 bridgehead atoms. The minimum Gasteiger partial charge on any atom is -0.391 e. The van der Waals surface area contributed by atoms with E-state index >= 15 is 0 Å². The minimum atomic E-state index is -0.414. The Morgan fingerprint density at radius 3 is 2.40 bits per heavy atom. The van der Waals surface area contributed by atoms with E-state index in [2.05, 4.69) is 51.5 Å². The third-order valence-electron chi connectivity index (χ3n) is 4.50. The van der Waals surface area contributed by atoms with Crippen molar-refractivity contribution < 1.29 is 5.11 Å². The first-order chi connectivity index (χ1) is 9.36. The van der Waals surface area contributed by atoms with Gasteiger partial charge in [-0.15, -0.1) is 0 Å². The monoisotopic (exact) mass is 281 g/mol. The molecule has 1 aromatic rings. The Bertz CT molecular complexity index is 396. The Balaban J connectivity index is 2.74. The molecule has 4 nitrogen and oxygen atoms in total. The van der Waals surface area contributed by atoms with Crippen LogP contribution in [0.25, 0.3) is 0 Å². The fraction of sp³-hybridized carbons (Fsp3) is 0.812. The molecule has 0 aliphatic heterocycles. The van der Waals surface area contributed by atoms with Crippen molar-refractivity contribution >= 4 is 0 Å². The number of likely N-dealkylation sites (N-methyl/N-ethyl adjacent to an activating group) is 1. The highest BCUT2D eigenvalue weighted by Gasteiger charge is 2.33. The lowest BCUT2D eigenvalue weighted by Crippen LogP contribution is -2.53. The molecular weight excluding hydrogens is 250 g/mol. The highest BCUT2D eigenvalue weighted by atomic mass is 16.3. The Kier molecular flexibility index (Phi) is 6.21. The second-order valence-electron chi connectivity index (χ2n) is 6.09. The molecular formula is C16H31N3O. The van der Waals surface area contributed by atoms with Gasteiger partial charge in [-0.05, 0) is 46.3 Å². The average Bonchev–Trinajstić information content (AvgIpc) is 2.87. The zero-order valence-corrected chi connectivity index (χ0v) is 13.9. The number of hydrogen-bond donors (Lipinski definition) is 1. The second kappa shape index (κ2) is 7.23. The summed E-state index contributed by atoms with van der Waals surface area (Å²) in [6.45, 7) is 14.7. The summed E-state index contributed by atoms with van der Waals surface area (Å²) in [5, 5.41) is 15.2. The number of aliphatic hydroxyl groups excluding tert-OH is 1. The predicted octanol–water partition coefficient (Wildman–Crippen LogP) is 2.88. The highest BCUT2D eigenvalue weighted by molar-refractivity contribution is 5.04. The van der Waals surface area contributed by atoms with E-state index in [1.807, 2.05) is 16.9 Å². The molecule has 0 amide bonds. The fourth-order valence-corrected chi connectivity index (χ4v) is 2.62. The lowest BCUT2D eigenvalue weighted by atomic mass is 9.91. The van der Waals surface area contributed by atoms with E-state index in [4.69, 9.17) is 0 Å². The lowest BCUT2D eigenvalue weighted by molar-refractivity contribution is -0.00472. The van der Waals surface area contributed by atoms with Crippen LogP contribution in [0.15, 0.2) is 12.3 Å². The first-order valence-electron chi connectivity index (χ1n) is 7.83. The van der Waals surface area contributed by atoms with Crippen molar-refractivity contribution in [1.82, 2.24) is 14.7 Å². The van der Waals surface area contributed by atoms with Gasteiger partial charge in [0.1, 0.15) is 0 Å². The number of hydrogen-bond acceptors (Lipinski definition) is 3. The van der Waals surface area contributed by atoms with E-state index in [1.165, 1.54) is 0 Å². The van der Waals surface area contributed by atoms with Crippen molar-refractivity contribution in [3.05, 3.63) is 18.0 Å². The molecule has 0 fully saturated rings. The maximum Gasteiger partial charge on any atom is 0.0774 e. The Hall–Kier alpha value is -0.870. The fourth-order valence-electron chi connectivity index (χ4n) is 2.62. The topological polar surface area (TPSA) is 41.3 Å². The third kappa shape index (κ3) is 3.83. The molecule has 1 aromatic heterocycles. The van der Waals surface area contributed by atoms with Gasteiger partial charge in [0.2, 0.25) is 0 Å². The van der Waals surface area contributed by atoms with E-state index in [0.29, 0.717) is 12.5 Å². The van der Waals surface area contributed by atoms with Crippen LogP contribution in [0.1, 0.15) is 59.7 Å². The average molecular weight is 281 g/mol. The molecule has 2 unspecified atom stereocenters. The molecule has 0 aliphatic rings. The standard InChI is InChI=1S/C16H31N3O/c1-7-13(4)19-11-10-14(17-19)12-15(20)16(5,6)18(8-2)9-3/h10-11,13,15,20H,7-9,12H2,1-6H3. The Morgan fingerprint density at radius 2 is 1.90 bits per heavy atom. The predicted molar refractivity (Wildman–Crippen MR) is 83.9 cm³/mol. The number of aromatic nitrogens is 2. The van der Waals surface area contributed by atoms with Crippen LogP contribution < -0.4 is 0 Å². The molecule has 0 aromatic carbocycles. The van der Waals surface area contributed by atoms with Crippen molar-refractivity contribution in [3.63, 3.8) is 0 Å². The van der Waals surface area contributed by atoms with Gasteiger partial charge in [0, 0.05) is 24.2 Å². The van der Waals surface area contributed by atoms with Crippen LogP contribution >= 0.6 is 0 Å². The van der Waals surface area contributed by atoms with Crippen LogP contribution in [0.3, 0.4) is 0 Å². The van der Waals surface area contributed by atoms with Crippen LogP contribution in [0.4, 0.5) is 0 Å². The maximum atomic E-state index is 10.6. The van der Waals surface area contributed by atoms with Crippen LogP contribution in [0.5, 0.6) is 0 Å². The van der Waals surface area contributed by atoms with Gasteiger partial charge in [-0.2, -0.15) is 5.10 Å². The SMILES string of the molecule is CCC(C)n1ccc(CC(O)C(C)(C)N(CC)CC)n1. The minimum absolute atomic E-state index is 0.232. The Morgan fingerprint density at radius 1 is 1.30 bits per heavy atom. The van der Waals surface area contributed by atoms with Crippen LogP contribution in [0, 0.1) is 0 Å². The summed E-state index contributed by atoms with van der Waals surface area (Å²) in [6, 6.07) is 2.44. The smallest absolute Gasteiger partial charge is 0.0774 e. The number of nitrogens with zero attached hydrogens (tertiary/aromatic N) is 3. The molecule has 0 saturated carbocycles. The molecule has 1 heterocycles. The summed E-state index contributed by atoms with van der Waals surface area (Å²) in [6.07, 6.45) is 3.27. The van der Waals surface area contributed by atoms with Gasteiger partial charge in [0.05, 0.1) is 11.8 Å². The molecule has 4 heteroatoms. The molecule has 0 aliphatic carbocycles. The normalized spacial score (nSPS) is 15.6. The van der Waals surface area contributed by atoms with Gasteiger partial charge in [-0.3, -0.25) is 9.58 Å². The quantitative estimate of drug-likeness (QED) is 0.796. The molecule has 1 N–H and O–H groups in total. The van der Waals surface area contributed by atoms with Crippen LogP contribution in [0.2, 0.25) is 0 Å². The largest absolute Gasteiger partial charge is 0.391 e. The molecule has 2 atom stereocenters. The van der Waals surface area contributed by atoms with Gasteiger partial charge in [0.15, 0.2) is 0 Å². The van der Waals surface area contributed by atoms with Gasteiger partial charge in [0.25, 0.3) is 0 Å². The molecule has 0 spiro atoms. The molecule has 0 radical (unpaired) electrons. The maximum absolute atomic E-state index is 10.6. The molecule has 20 heavy (non-hydrogen) atoms. The zero-order chi connectivity index (χ0) is 15.3. The summed E-state index contributed by atoms with van der Waals surface area (Å²) in [5.41, 5.74) is 0.738. The summed E-state index contributed by atoms with van der Waals surface area (Å²) in [5.74, 6) is 0. The highest BCUT2D eigenvalue weighted by Crippen LogP contribution is 2.22. The van der Waals surface area contributed by atoms with E-state index in [0.717, 1.165) is 25.2 Å². The van der Waals surface area contributed by atoms with Gasteiger partial charge < -0.3 is 5.11 Å². The van der Waals surface area contributed by atoms with E-state index in [-0.39, 0.29) is 5.54 Å². The zero-order valence-electron chi connectivity index (χ0n) is 13.9. The van der Waals surface area contributed by atoms with Gasteiger partial charge in [-0.1, -0.05) is 20.8 Å². The summed E-state index contributed by atoms with van der Waals surface area (Å²) in [7, 11) is 0. The Labute approximate surface area is 123 Å². The van der Waals surface area contributed by atoms with E-state index in [1.54, 1.807) is 0 Å². The van der Waals surface area contributed by atoms with Crippen molar-refractivity contribution in [2.24, 2.45) is 0 Å². The van der Waals surface area contributed by atoms with Gasteiger partial charge in [-0.25, -0.2) is 0 Å². The summed E-state index contributed by atoms with van der Waals surface area (Å²) < 4.78 is 1.99. The first kappa shape index (κ1) is 17.2. The number of aliphatic hydroxyl groups is 1. The molecule has 1 rings (SSSR count). The second-order valence-corrected chi connectivity index (χ2v) is 6.09. The van der Waals surface area contributed by atoms with Crippen LogP contribution in [-0.2, 0) is 6.42 Å². The van der Waals surface area contributed by atoms with E-state index in [9.17, 15) is 5.11 Å². The van der Waals surface area contributed by atoms with Crippen molar-refractivity contribution in [3.8, 4) is 0 Å². The van der Waals surface area contributed by atoms with Crippen molar-refractivity contribution in [2.45, 2.75) is 72.1 Å². The summed E-state index contributed by atoms with van der Waals surface area (Å²) in [4.78, 5) is 2.29. The summed E-state index contributed by atoms with van der Waals surface area (Å²) >= 11 is 0. The lowest BCUT2D eigenvalue weighted by Gasteiger charge is -2.40. The molecule has 0 saturated heterocycles. The molecule has 116 valence electrons. The van der Waals surface area contributed by atoms with Crippen molar-refractivity contribution in [2.75, 3.05) is 13.1 Å². The first-order valence-corrected chi connectivity index (χ1v) is 7.83. The van der Waals surface area contributed by atoms with Crippen molar-refractivity contribution in [1.29, 1.82) is 0 Å². The third-order valence-corrected chi connectivity index (χ3v) is 4.50. The van der Waals surface area contributed by atoms with Crippen LogP contribution in [-0.4, -0.2) is 44.5 Å². The van der Waals surface area contributed by atoms with E-state index < -0.39 is 6.10 Å². The van der Waals surface area contributed by atoms with Gasteiger partial charge >= 0.3 is 0 Å². The number of rotatable bonds is 8.